The van der Waals surface area contributed by atoms with Gasteiger partial charge in [0.25, 0.3) is 0 Å². The van der Waals surface area contributed by atoms with E-state index in [2.05, 4.69) is 4.74 Å². The lowest BCUT2D eigenvalue weighted by Crippen LogP contribution is -2.36. The quantitative estimate of drug-likeness (QED) is 0.838. The van der Waals surface area contributed by atoms with Crippen LogP contribution in [0.15, 0.2) is 24.3 Å². The van der Waals surface area contributed by atoms with Gasteiger partial charge in [0.1, 0.15) is 12.5 Å². The van der Waals surface area contributed by atoms with Crippen LogP contribution in [0.1, 0.15) is 5.56 Å². The van der Waals surface area contributed by atoms with Crippen LogP contribution in [0.25, 0.3) is 0 Å². The van der Waals surface area contributed by atoms with Crippen molar-refractivity contribution < 1.29 is 27.4 Å². The molecule has 0 aromatic heterocycles. The summed E-state index contributed by atoms with van der Waals surface area (Å²) in [5.41, 5.74) is 5.27. The molecule has 1 aromatic carbocycles. The number of methoxy groups -OCH3 is 1. The van der Waals surface area contributed by atoms with Crippen LogP contribution in [0.4, 0.5) is 18.0 Å². The molecule has 0 unspecified atom stereocenters. The molecule has 0 bridgehead atoms. The number of ether oxygens (including phenoxy) is 2. The summed E-state index contributed by atoms with van der Waals surface area (Å²) in [6, 6.07) is 4.70. The summed E-state index contributed by atoms with van der Waals surface area (Å²) >= 11 is 0. The number of para-hydroxylation sites is 1. The average Bonchev–Trinajstić information content (AvgIpc) is 2.28. The summed E-state index contributed by atoms with van der Waals surface area (Å²) in [7, 11) is 1.34. The average molecular weight is 278 g/mol. The van der Waals surface area contributed by atoms with E-state index in [0.717, 1.165) is 11.0 Å². The van der Waals surface area contributed by atoms with Crippen LogP contribution >= 0.6 is 0 Å². The van der Waals surface area contributed by atoms with Crippen LogP contribution in [0.2, 0.25) is 0 Å². The van der Waals surface area contributed by atoms with E-state index in [-0.39, 0.29) is 24.6 Å². The molecule has 2 N–H and O–H groups in total. The lowest BCUT2D eigenvalue weighted by atomic mass is 10.2. The minimum Gasteiger partial charge on any atom is -0.405 e. The van der Waals surface area contributed by atoms with E-state index in [4.69, 9.17) is 10.5 Å². The number of primary amides is 1. The molecule has 0 radical (unpaired) electrons. The van der Waals surface area contributed by atoms with E-state index in [1.807, 2.05) is 0 Å². The molecule has 0 heterocycles. The van der Waals surface area contributed by atoms with Crippen molar-refractivity contribution in [2.45, 2.75) is 12.9 Å². The van der Waals surface area contributed by atoms with Crippen LogP contribution in [0.5, 0.6) is 5.75 Å². The van der Waals surface area contributed by atoms with Crippen molar-refractivity contribution in [1.82, 2.24) is 4.90 Å². The minimum atomic E-state index is -4.80. The first-order valence-corrected chi connectivity index (χ1v) is 5.20. The monoisotopic (exact) mass is 278 g/mol. The van der Waals surface area contributed by atoms with Crippen LogP contribution in [-0.4, -0.2) is 31.1 Å². The number of halogens is 3. The van der Waals surface area contributed by atoms with E-state index in [9.17, 15) is 18.0 Å². The standard InChI is InChI=1S/C11H13F3N2O3/c1-18-7-16(10(15)17)6-8-4-2-3-5-9(8)19-11(12,13)14/h2-5H,6-7H2,1H3,(H2,15,17). The number of hydrogen-bond acceptors (Lipinski definition) is 3. The predicted molar refractivity (Wildman–Crippen MR) is 60.1 cm³/mol. The van der Waals surface area contributed by atoms with Crippen molar-refractivity contribution >= 4 is 6.03 Å². The Morgan fingerprint density at radius 3 is 2.53 bits per heavy atom. The molecule has 19 heavy (non-hydrogen) atoms. The van der Waals surface area contributed by atoms with Crippen molar-refractivity contribution in [1.29, 1.82) is 0 Å². The van der Waals surface area contributed by atoms with Crippen molar-refractivity contribution in [3.05, 3.63) is 29.8 Å². The van der Waals surface area contributed by atoms with E-state index < -0.39 is 12.4 Å². The molecule has 0 aliphatic carbocycles. The Bertz CT molecular complexity index is 437. The summed E-state index contributed by atoms with van der Waals surface area (Å²) in [6.45, 7) is -0.273. The maximum absolute atomic E-state index is 12.2. The van der Waals surface area contributed by atoms with Gasteiger partial charge in [0.15, 0.2) is 0 Å². The third-order valence-electron chi connectivity index (χ3n) is 2.16. The van der Waals surface area contributed by atoms with Gasteiger partial charge in [0.05, 0.1) is 6.54 Å². The summed E-state index contributed by atoms with van der Waals surface area (Å²) in [5.74, 6) is -0.377. The molecule has 0 aliphatic rings. The molecule has 106 valence electrons. The zero-order valence-corrected chi connectivity index (χ0v) is 10.1. The number of hydrogen-bond donors (Lipinski definition) is 1. The normalized spacial score (nSPS) is 11.2. The molecular formula is C11H13F3N2O3. The zero-order chi connectivity index (χ0) is 14.5. The van der Waals surface area contributed by atoms with E-state index in [1.165, 1.54) is 25.3 Å². The summed E-state index contributed by atoms with van der Waals surface area (Å²) in [6.07, 6.45) is -4.80. The molecule has 0 saturated heterocycles. The van der Waals surface area contributed by atoms with Gasteiger partial charge in [0, 0.05) is 12.7 Å². The Morgan fingerprint density at radius 1 is 1.37 bits per heavy atom. The van der Waals surface area contributed by atoms with Gasteiger partial charge < -0.3 is 15.2 Å². The Hall–Kier alpha value is -1.96. The number of alkyl halides is 3. The van der Waals surface area contributed by atoms with Gasteiger partial charge >= 0.3 is 12.4 Å². The number of nitrogens with zero attached hydrogens (tertiary/aromatic N) is 1. The van der Waals surface area contributed by atoms with Crippen LogP contribution in [0, 0.1) is 0 Å². The van der Waals surface area contributed by atoms with Gasteiger partial charge in [0.2, 0.25) is 0 Å². The molecule has 1 rings (SSSR count). The SMILES string of the molecule is COCN(Cc1ccccc1OC(F)(F)F)C(N)=O. The van der Waals surface area contributed by atoms with Gasteiger partial charge in [-0.1, -0.05) is 18.2 Å². The number of carbonyl (C=O) groups excluding carboxylic acids is 1. The molecule has 0 spiro atoms. The van der Waals surface area contributed by atoms with Gasteiger partial charge in [-0.15, -0.1) is 13.2 Å². The van der Waals surface area contributed by atoms with Crippen LogP contribution in [-0.2, 0) is 11.3 Å². The molecule has 0 atom stereocenters. The fourth-order valence-corrected chi connectivity index (χ4v) is 1.41. The summed E-state index contributed by atoms with van der Waals surface area (Å²) in [5, 5.41) is 0. The molecular weight excluding hydrogens is 265 g/mol. The Kier molecular flexibility index (Phi) is 4.99. The third kappa shape index (κ3) is 5.04. The summed E-state index contributed by atoms with van der Waals surface area (Å²) < 4.78 is 45.3. The lowest BCUT2D eigenvalue weighted by molar-refractivity contribution is -0.275. The first-order valence-electron chi connectivity index (χ1n) is 5.20. The van der Waals surface area contributed by atoms with Gasteiger partial charge in [-0.3, -0.25) is 4.90 Å². The highest BCUT2D eigenvalue weighted by Gasteiger charge is 2.32. The maximum Gasteiger partial charge on any atom is 0.573 e. The van der Waals surface area contributed by atoms with Crippen molar-refractivity contribution in [2.24, 2.45) is 5.73 Å². The highest BCUT2D eigenvalue weighted by molar-refractivity contribution is 5.71. The molecule has 0 saturated carbocycles. The molecule has 1 aromatic rings. The second kappa shape index (κ2) is 6.28. The second-order valence-corrected chi connectivity index (χ2v) is 3.61. The first-order chi connectivity index (χ1) is 8.83. The fraction of sp³-hybridized carbons (Fsp3) is 0.364. The van der Waals surface area contributed by atoms with Crippen LogP contribution in [0.3, 0.4) is 0 Å². The number of benzene rings is 1. The fourth-order valence-electron chi connectivity index (χ4n) is 1.41. The van der Waals surface area contributed by atoms with Crippen molar-refractivity contribution in [2.75, 3.05) is 13.8 Å². The van der Waals surface area contributed by atoms with Crippen molar-refractivity contribution in [3.8, 4) is 5.75 Å². The van der Waals surface area contributed by atoms with E-state index >= 15 is 0 Å². The Balaban J connectivity index is 2.90. The van der Waals surface area contributed by atoms with E-state index in [0.29, 0.717) is 0 Å². The minimum absolute atomic E-state index is 0.129. The van der Waals surface area contributed by atoms with Crippen LogP contribution < -0.4 is 10.5 Å². The number of urea groups is 1. The lowest BCUT2D eigenvalue weighted by Gasteiger charge is -2.21. The third-order valence-corrected chi connectivity index (χ3v) is 2.16. The molecule has 5 nitrogen and oxygen atoms in total. The Labute approximate surface area is 107 Å². The smallest absolute Gasteiger partial charge is 0.405 e. The summed E-state index contributed by atoms with van der Waals surface area (Å²) in [4.78, 5) is 12.1. The number of nitrogens with two attached hydrogens (primary N) is 1. The number of rotatable bonds is 5. The number of amides is 2. The highest BCUT2D eigenvalue weighted by Crippen LogP contribution is 2.27. The predicted octanol–water partition coefficient (Wildman–Crippen LogP) is 2.07. The zero-order valence-electron chi connectivity index (χ0n) is 10.1. The van der Waals surface area contributed by atoms with Crippen molar-refractivity contribution in [3.63, 3.8) is 0 Å². The maximum atomic E-state index is 12.2. The second-order valence-electron chi connectivity index (χ2n) is 3.61. The molecule has 8 heteroatoms. The van der Waals surface area contributed by atoms with Gasteiger partial charge in [-0.2, -0.15) is 0 Å². The van der Waals surface area contributed by atoms with E-state index in [1.54, 1.807) is 0 Å². The topological polar surface area (TPSA) is 64.8 Å². The molecule has 0 aliphatic heterocycles. The van der Waals surface area contributed by atoms with Gasteiger partial charge in [-0.25, -0.2) is 4.79 Å². The Morgan fingerprint density at radius 2 is 2.00 bits per heavy atom. The molecule has 0 fully saturated rings. The largest absolute Gasteiger partial charge is 0.573 e. The molecule has 2 amide bonds. The first kappa shape index (κ1) is 15.1. The van der Waals surface area contributed by atoms with Gasteiger partial charge in [-0.05, 0) is 6.07 Å². The highest BCUT2D eigenvalue weighted by atomic mass is 19.4. The number of carbonyl (C=O) groups is 1.